The maximum absolute atomic E-state index is 12.3. The van der Waals surface area contributed by atoms with E-state index >= 15 is 0 Å². The lowest BCUT2D eigenvalue weighted by molar-refractivity contribution is 0.601. The number of sulfonamides is 1. The van der Waals surface area contributed by atoms with Crippen LogP contribution >= 0.6 is 27.3 Å². The third-order valence-corrected chi connectivity index (χ3v) is 6.21. The highest BCUT2D eigenvalue weighted by molar-refractivity contribution is 9.10. The lowest BCUT2D eigenvalue weighted by atomic mass is 10.2. The largest absolute Gasteiger partial charge is 0.315 e. The van der Waals surface area contributed by atoms with E-state index in [-0.39, 0.29) is 0 Å². The van der Waals surface area contributed by atoms with Gasteiger partial charge in [0.2, 0.25) is 0 Å². The molecule has 20 heavy (non-hydrogen) atoms. The lowest BCUT2D eigenvalue weighted by Gasteiger charge is -2.10. The molecule has 1 aromatic carbocycles. The number of aryl methyl sites for hydroxylation is 1. The molecule has 4 nitrogen and oxygen atoms in total. The van der Waals surface area contributed by atoms with Crippen molar-refractivity contribution >= 4 is 43.0 Å². The third-order valence-electron chi connectivity index (χ3n) is 2.73. The zero-order valence-corrected chi connectivity index (χ0v) is 14.3. The predicted molar refractivity (Wildman–Crippen MR) is 86.8 cm³/mol. The van der Waals surface area contributed by atoms with E-state index in [4.69, 9.17) is 0 Å². The number of anilines is 1. The number of rotatable bonds is 5. The van der Waals surface area contributed by atoms with Gasteiger partial charge in [0, 0.05) is 21.3 Å². The number of benzene rings is 1. The van der Waals surface area contributed by atoms with Gasteiger partial charge in [-0.25, -0.2) is 8.42 Å². The fourth-order valence-electron chi connectivity index (χ4n) is 1.70. The second-order valence-corrected chi connectivity index (χ2v) is 7.79. The Morgan fingerprint density at radius 3 is 2.80 bits per heavy atom. The molecule has 0 unspecified atom stereocenters. The molecule has 7 heteroatoms. The second kappa shape index (κ2) is 6.26. The van der Waals surface area contributed by atoms with Crippen LogP contribution in [0.2, 0.25) is 0 Å². The van der Waals surface area contributed by atoms with E-state index in [0.717, 1.165) is 14.9 Å². The van der Waals surface area contributed by atoms with Crippen LogP contribution in [0.3, 0.4) is 0 Å². The molecule has 0 radical (unpaired) electrons. The van der Waals surface area contributed by atoms with Crippen molar-refractivity contribution in [3.05, 3.63) is 44.6 Å². The normalized spacial score (nSPS) is 11.6. The highest BCUT2D eigenvalue weighted by atomic mass is 79.9. The maximum atomic E-state index is 12.3. The molecule has 0 amide bonds. The van der Waals surface area contributed by atoms with Crippen LogP contribution in [-0.4, -0.2) is 15.5 Å². The Hall–Kier alpha value is -0.890. The third kappa shape index (κ3) is 3.41. The summed E-state index contributed by atoms with van der Waals surface area (Å²) in [5.74, 6) is 0. The minimum atomic E-state index is -3.55. The number of hydrogen-bond acceptors (Lipinski definition) is 4. The molecule has 2 aromatic rings. The summed E-state index contributed by atoms with van der Waals surface area (Å²) in [7, 11) is -1.72. The van der Waals surface area contributed by atoms with Crippen LogP contribution in [0.15, 0.2) is 39.0 Å². The molecular formula is C13H15BrN2O2S2. The van der Waals surface area contributed by atoms with Crippen LogP contribution in [0.1, 0.15) is 10.4 Å². The van der Waals surface area contributed by atoms with Gasteiger partial charge in [-0.3, -0.25) is 4.72 Å². The first-order valence-electron chi connectivity index (χ1n) is 5.94. The zero-order valence-electron chi connectivity index (χ0n) is 11.1. The van der Waals surface area contributed by atoms with Gasteiger partial charge in [0.1, 0.15) is 0 Å². The van der Waals surface area contributed by atoms with Gasteiger partial charge in [-0.1, -0.05) is 12.1 Å². The van der Waals surface area contributed by atoms with Crippen molar-refractivity contribution in [2.45, 2.75) is 18.4 Å². The molecule has 1 aromatic heterocycles. The Balaban J connectivity index is 2.28. The summed E-state index contributed by atoms with van der Waals surface area (Å²) in [6, 6.07) is 7.15. The summed E-state index contributed by atoms with van der Waals surface area (Å²) in [5, 5.41) is 4.65. The Morgan fingerprint density at radius 2 is 2.10 bits per heavy atom. The summed E-state index contributed by atoms with van der Waals surface area (Å²) in [4.78, 5) is 1.28. The van der Waals surface area contributed by atoms with Gasteiger partial charge in [-0.05, 0) is 47.6 Å². The Labute approximate surface area is 131 Å². The van der Waals surface area contributed by atoms with E-state index in [1.165, 1.54) is 11.3 Å². The molecular weight excluding hydrogens is 360 g/mol. The number of halogens is 1. The van der Waals surface area contributed by atoms with Gasteiger partial charge in [-0.15, -0.1) is 11.3 Å². The average molecular weight is 375 g/mol. The van der Waals surface area contributed by atoms with Crippen LogP contribution in [0.5, 0.6) is 0 Å². The molecule has 2 N–H and O–H groups in total. The standard InChI is InChI=1S/C13H15BrN2O2S2/c1-9-4-3-5-12(13(9)14)16-20(17,18)11-6-10(7-15-2)19-8-11/h3-6,8,15-16H,7H2,1-2H3. The molecule has 1 heterocycles. The van der Waals surface area contributed by atoms with Crippen molar-refractivity contribution < 1.29 is 8.42 Å². The van der Waals surface area contributed by atoms with Crippen molar-refractivity contribution in [2.24, 2.45) is 0 Å². The predicted octanol–water partition coefficient (Wildman–Crippen LogP) is 3.34. The number of thiophene rings is 1. The Morgan fingerprint density at radius 1 is 1.35 bits per heavy atom. The van der Waals surface area contributed by atoms with Crippen LogP contribution in [0.25, 0.3) is 0 Å². The van der Waals surface area contributed by atoms with Gasteiger partial charge in [0.05, 0.1) is 10.6 Å². The monoisotopic (exact) mass is 374 g/mol. The van der Waals surface area contributed by atoms with Gasteiger partial charge < -0.3 is 5.32 Å². The summed E-state index contributed by atoms with van der Waals surface area (Å²) >= 11 is 4.83. The van der Waals surface area contributed by atoms with E-state index in [9.17, 15) is 8.42 Å². The minimum Gasteiger partial charge on any atom is -0.315 e. The molecule has 0 bridgehead atoms. The van der Waals surface area contributed by atoms with Gasteiger partial charge in [0.15, 0.2) is 0 Å². The van der Waals surface area contributed by atoms with E-state index in [2.05, 4.69) is 26.0 Å². The van der Waals surface area contributed by atoms with Crippen LogP contribution in [0, 0.1) is 6.92 Å². The maximum Gasteiger partial charge on any atom is 0.262 e. The lowest BCUT2D eigenvalue weighted by Crippen LogP contribution is -2.12. The first-order valence-corrected chi connectivity index (χ1v) is 9.09. The fraction of sp³-hybridized carbons (Fsp3) is 0.231. The van der Waals surface area contributed by atoms with Crippen LogP contribution < -0.4 is 10.0 Å². The molecule has 0 saturated heterocycles. The highest BCUT2D eigenvalue weighted by Crippen LogP contribution is 2.29. The first kappa shape index (κ1) is 15.5. The van der Waals surface area contributed by atoms with Gasteiger partial charge in [-0.2, -0.15) is 0 Å². The Bertz CT molecular complexity index is 711. The number of hydrogen-bond donors (Lipinski definition) is 2. The molecule has 0 spiro atoms. The van der Waals surface area contributed by atoms with E-state index in [0.29, 0.717) is 17.1 Å². The molecule has 2 rings (SSSR count). The topological polar surface area (TPSA) is 58.2 Å². The minimum absolute atomic E-state index is 0.293. The van der Waals surface area contributed by atoms with Crippen molar-refractivity contribution in [2.75, 3.05) is 11.8 Å². The molecule has 0 aliphatic heterocycles. The summed E-state index contributed by atoms with van der Waals surface area (Å²) in [5.41, 5.74) is 1.53. The molecule has 0 saturated carbocycles. The van der Waals surface area contributed by atoms with Crippen LogP contribution in [0.4, 0.5) is 5.69 Å². The molecule has 0 aliphatic carbocycles. The average Bonchev–Trinajstić information content (AvgIpc) is 2.85. The summed E-state index contributed by atoms with van der Waals surface area (Å²) < 4.78 is 28.0. The van der Waals surface area contributed by atoms with Crippen molar-refractivity contribution in [3.8, 4) is 0 Å². The SMILES string of the molecule is CNCc1cc(S(=O)(=O)Nc2cccc(C)c2Br)cs1. The zero-order chi connectivity index (χ0) is 14.8. The van der Waals surface area contributed by atoms with Crippen molar-refractivity contribution in [1.29, 1.82) is 0 Å². The highest BCUT2D eigenvalue weighted by Gasteiger charge is 2.17. The molecule has 0 aliphatic rings. The van der Waals surface area contributed by atoms with Crippen molar-refractivity contribution in [1.82, 2.24) is 5.32 Å². The first-order chi connectivity index (χ1) is 9.44. The van der Waals surface area contributed by atoms with E-state index in [1.807, 2.05) is 26.1 Å². The molecule has 0 fully saturated rings. The van der Waals surface area contributed by atoms with E-state index in [1.54, 1.807) is 17.5 Å². The quantitative estimate of drug-likeness (QED) is 0.843. The molecule has 108 valence electrons. The Kier molecular flexibility index (Phi) is 4.85. The molecule has 0 atom stereocenters. The van der Waals surface area contributed by atoms with Crippen LogP contribution in [-0.2, 0) is 16.6 Å². The summed E-state index contributed by atoms with van der Waals surface area (Å²) in [6.45, 7) is 2.58. The second-order valence-electron chi connectivity index (χ2n) is 4.32. The van der Waals surface area contributed by atoms with E-state index < -0.39 is 10.0 Å². The fourth-order valence-corrected chi connectivity index (χ4v) is 4.55. The van der Waals surface area contributed by atoms with Crippen molar-refractivity contribution in [3.63, 3.8) is 0 Å². The smallest absolute Gasteiger partial charge is 0.262 e. The van der Waals surface area contributed by atoms with Gasteiger partial charge >= 0.3 is 0 Å². The summed E-state index contributed by atoms with van der Waals surface area (Å²) in [6.07, 6.45) is 0. The van der Waals surface area contributed by atoms with Gasteiger partial charge in [0.25, 0.3) is 10.0 Å². The number of nitrogens with one attached hydrogen (secondary N) is 2.